The smallest absolute Gasteiger partial charge is 0.243 e. The number of amides is 1. The Morgan fingerprint density at radius 1 is 1.06 bits per heavy atom. The largest absolute Gasteiger partial charge is 0.352 e. The second-order valence-corrected chi connectivity index (χ2v) is 10.2. The zero-order valence-electron chi connectivity index (χ0n) is 18.4. The third-order valence-electron chi connectivity index (χ3n) is 6.14. The molecular formula is C24H28N4O3S. The quantitative estimate of drug-likeness (QED) is 0.622. The van der Waals surface area contributed by atoms with E-state index in [2.05, 4.69) is 10.4 Å². The molecule has 1 fully saturated rings. The summed E-state index contributed by atoms with van der Waals surface area (Å²) in [6.07, 6.45) is 4.61. The summed E-state index contributed by atoms with van der Waals surface area (Å²) in [6.45, 7) is 4.96. The molecule has 32 heavy (non-hydrogen) atoms. The molecule has 4 rings (SSSR count). The van der Waals surface area contributed by atoms with Gasteiger partial charge in [-0.2, -0.15) is 9.40 Å². The maximum absolute atomic E-state index is 13.0. The molecule has 0 aliphatic carbocycles. The molecule has 1 saturated heterocycles. The lowest BCUT2D eigenvalue weighted by atomic mass is 9.97. The summed E-state index contributed by atoms with van der Waals surface area (Å²) in [7, 11) is -3.54. The molecule has 1 aliphatic rings. The predicted molar refractivity (Wildman–Crippen MR) is 123 cm³/mol. The molecule has 1 amide bonds. The van der Waals surface area contributed by atoms with Crippen LogP contribution in [0.15, 0.2) is 65.8 Å². The first-order valence-corrected chi connectivity index (χ1v) is 12.2. The number of sulfonamides is 1. The molecule has 7 nitrogen and oxygen atoms in total. The van der Waals surface area contributed by atoms with Crippen molar-refractivity contribution in [2.45, 2.75) is 38.1 Å². The molecule has 1 aromatic heterocycles. The first-order valence-electron chi connectivity index (χ1n) is 10.8. The van der Waals surface area contributed by atoms with Crippen LogP contribution in [-0.4, -0.2) is 41.5 Å². The highest BCUT2D eigenvalue weighted by atomic mass is 32.2. The summed E-state index contributed by atoms with van der Waals surface area (Å²) in [6, 6.07) is 14.9. The lowest BCUT2D eigenvalue weighted by Crippen LogP contribution is -2.42. The number of piperidine rings is 1. The van der Waals surface area contributed by atoms with Crippen LogP contribution in [0.5, 0.6) is 0 Å². The first-order chi connectivity index (χ1) is 15.4. The van der Waals surface area contributed by atoms with Crippen LogP contribution >= 0.6 is 0 Å². The van der Waals surface area contributed by atoms with E-state index in [1.54, 1.807) is 23.0 Å². The number of para-hydroxylation sites is 1. The highest BCUT2D eigenvalue weighted by molar-refractivity contribution is 7.89. The Labute approximate surface area is 189 Å². The maximum Gasteiger partial charge on any atom is 0.243 e. The Hall–Kier alpha value is -2.97. The fraction of sp³-hybridized carbons (Fsp3) is 0.333. The van der Waals surface area contributed by atoms with E-state index >= 15 is 0 Å². The monoisotopic (exact) mass is 452 g/mol. The molecule has 3 aromatic rings. The van der Waals surface area contributed by atoms with Crippen LogP contribution in [0.1, 0.15) is 29.5 Å². The normalized spacial score (nSPS) is 15.6. The number of nitrogens with zero attached hydrogens (tertiary/aromatic N) is 3. The predicted octanol–water partition coefficient (Wildman–Crippen LogP) is 3.21. The van der Waals surface area contributed by atoms with Crippen molar-refractivity contribution in [2.24, 2.45) is 5.92 Å². The Kier molecular flexibility index (Phi) is 6.43. The third-order valence-corrected chi connectivity index (χ3v) is 8.03. The van der Waals surface area contributed by atoms with Gasteiger partial charge < -0.3 is 5.32 Å². The number of carbonyl (C=O) groups excluding carboxylic acids is 1. The van der Waals surface area contributed by atoms with Crippen LogP contribution < -0.4 is 5.32 Å². The van der Waals surface area contributed by atoms with Crippen molar-refractivity contribution in [2.75, 3.05) is 13.1 Å². The van der Waals surface area contributed by atoms with E-state index in [1.165, 1.54) is 4.31 Å². The Bertz CT molecular complexity index is 1200. The highest BCUT2D eigenvalue weighted by Gasteiger charge is 2.32. The van der Waals surface area contributed by atoms with Crippen molar-refractivity contribution in [3.63, 3.8) is 0 Å². The lowest BCUT2D eigenvalue weighted by molar-refractivity contribution is -0.126. The minimum absolute atomic E-state index is 0.0384. The van der Waals surface area contributed by atoms with Crippen molar-refractivity contribution >= 4 is 15.9 Å². The molecule has 2 aromatic carbocycles. The van der Waals surface area contributed by atoms with Crippen molar-refractivity contribution < 1.29 is 13.2 Å². The fourth-order valence-electron chi connectivity index (χ4n) is 4.00. The summed E-state index contributed by atoms with van der Waals surface area (Å²) in [4.78, 5) is 13.1. The van der Waals surface area contributed by atoms with Gasteiger partial charge in [0.15, 0.2) is 0 Å². The topological polar surface area (TPSA) is 84.3 Å². The number of benzene rings is 2. The van der Waals surface area contributed by atoms with Crippen LogP contribution in [0.2, 0.25) is 0 Å². The zero-order chi connectivity index (χ0) is 22.7. The third kappa shape index (κ3) is 4.61. The van der Waals surface area contributed by atoms with E-state index < -0.39 is 10.0 Å². The minimum Gasteiger partial charge on any atom is -0.352 e. The summed E-state index contributed by atoms with van der Waals surface area (Å²) in [5.74, 6) is -0.235. The van der Waals surface area contributed by atoms with Gasteiger partial charge >= 0.3 is 0 Å². The van der Waals surface area contributed by atoms with E-state index in [4.69, 9.17) is 0 Å². The van der Waals surface area contributed by atoms with Gasteiger partial charge in [0.1, 0.15) is 0 Å². The van der Waals surface area contributed by atoms with Crippen molar-refractivity contribution in [1.82, 2.24) is 19.4 Å². The van der Waals surface area contributed by atoms with E-state index in [0.29, 0.717) is 37.4 Å². The second-order valence-electron chi connectivity index (χ2n) is 8.22. The van der Waals surface area contributed by atoms with Crippen molar-refractivity contribution in [3.05, 3.63) is 77.6 Å². The Morgan fingerprint density at radius 2 is 1.81 bits per heavy atom. The molecule has 2 heterocycles. The summed E-state index contributed by atoms with van der Waals surface area (Å²) >= 11 is 0. The fourth-order valence-corrected chi connectivity index (χ4v) is 5.56. The highest BCUT2D eigenvalue weighted by Crippen LogP contribution is 2.25. The molecule has 1 N–H and O–H groups in total. The van der Waals surface area contributed by atoms with E-state index in [0.717, 1.165) is 22.4 Å². The van der Waals surface area contributed by atoms with Crippen LogP contribution in [0.25, 0.3) is 5.69 Å². The van der Waals surface area contributed by atoms with Gasteiger partial charge in [0, 0.05) is 37.9 Å². The molecule has 0 bridgehead atoms. The molecule has 0 atom stereocenters. The number of hydrogen-bond donors (Lipinski definition) is 1. The van der Waals surface area contributed by atoms with E-state index in [9.17, 15) is 13.2 Å². The van der Waals surface area contributed by atoms with Gasteiger partial charge in [-0.3, -0.25) is 4.79 Å². The van der Waals surface area contributed by atoms with Crippen molar-refractivity contribution in [3.8, 4) is 5.69 Å². The average Bonchev–Trinajstić information content (AvgIpc) is 3.34. The van der Waals surface area contributed by atoms with Gasteiger partial charge in [0.2, 0.25) is 15.9 Å². The minimum atomic E-state index is -3.54. The molecule has 0 spiro atoms. The van der Waals surface area contributed by atoms with Gasteiger partial charge in [-0.05, 0) is 67.6 Å². The van der Waals surface area contributed by atoms with Gasteiger partial charge in [0.05, 0.1) is 10.6 Å². The average molecular weight is 453 g/mol. The van der Waals surface area contributed by atoms with E-state index in [-0.39, 0.29) is 11.8 Å². The number of aryl methyl sites for hydroxylation is 2. The molecule has 8 heteroatoms. The van der Waals surface area contributed by atoms with Crippen molar-refractivity contribution in [1.29, 1.82) is 0 Å². The van der Waals surface area contributed by atoms with Crippen LogP contribution in [0, 0.1) is 19.8 Å². The standard InChI is InChI=1S/C24H28N4O3S/c1-18-8-9-22(16-19(18)2)32(30,31)27-14-10-20(11-15-27)24(29)25-17-21-6-3-4-7-23(21)28-13-5-12-26-28/h3-9,12-13,16,20H,10-11,14-15,17H2,1-2H3,(H,25,29). The molecule has 0 saturated carbocycles. The maximum atomic E-state index is 13.0. The molecule has 0 unspecified atom stereocenters. The number of nitrogens with one attached hydrogen (secondary N) is 1. The number of carbonyl (C=O) groups is 1. The first kappa shape index (κ1) is 22.2. The Morgan fingerprint density at radius 3 is 2.50 bits per heavy atom. The lowest BCUT2D eigenvalue weighted by Gasteiger charge is -2.30. The molecule has 0 radical (unpaired) electrons. The summed E-state index contributed by atoms with van der Waals surface area (Å²) in [5.41, 5.74) is 3.91. The molecule has 1 aliphatic heterocycles. The van der Waals surface area contributed by atoms with Gasteiger partial charge in [-0.15, -0.1) is 0 Å². The Balaban J connectivity index is 1.36. The molecular weight excluding hydrogens is 424 g/mol. The van der Waals surface area contributed by atoms with Crippen LogP contribution in [0.4, 0.5) is 0 Å². The SMILES string of the molecule is Cc1ccc(S(=O)(=O)N2CCC(C(=O)NCc3ccccc3-n3cccn3)CC2)cc1C. The van der Waals surface area contributed by atoms with Crippen LogP contribution in [0.3, 0.4) is 0 Å². The number of hydrogen-bond acceptors (Lipinski definition) is 4. The number of aromatic nitrogens is 2. The van der Waals surface area contributed by atoms with E-state index in [1.807, 2.05) is 56.4 Å². The van der Waals surface area contributed by atoms with Gasteiger partial charge in [0.25, 0.3) is 0 Å². The second kappa shape index (κ2) is 9.26. The molecule has 168 valence electrons. The van der Waals surface area contributed by atoms with Crippen LogP contribution in [-0.2, 0) is 21.4 Å². The summed E-state index contributed by atoms with van der Waals surface area (Å²) in [5, 5.41) is 7.29. The number of rotatable bonds is 6. The van der Waals surface area contributed by atoms with Gasteiger partial charge in [-0.25, -0.2) is 13.1 Å². The zero-order valence-corrected chi connectivity index (χ0v) is 19.2. The van der Waals surface area contributed by atoms with Gasteiger partial charge in [-0.1, -0.05) is 24.3 Å². The summed E-state index contributed by atoms with van der Waals surface area (Å²) < 4.78 is 29.3.